The summed E-state index contributed by atoms with van der Waals surface area (Å²) in [6, 6.07) is 0.633. The van der Waals surface area contributed by atoms with Gasteiger partial charge < -0.3 is 47.8 Å². The number of carbonyl (C=O) groups is 7. The molecule has 0 radical (unpaired) electrons. The molecule has 2 aliphatic heterocycles. The fourth-order valence-corrected chi connectivity index (χ4v) is 5.62. The third kappa shape index (κ3) is 9.63. The van der Waals surface area contributed by atoms with E-state index in [2.05, 4.69) is 10.6 Å². The molecule has 246 valence electrons. The third-order valence-electron chi connectivity index (χ3n) is 7.97. The highest BCUT2D eigenvalue weighted by Gasteiger charge is 2.41. The van der Waals surface area contributed by atoms with Gasteiger partial charge in [0.2, 0.25) is 35.4 Å². The predicted octanol–water partition coefficient (Wildman–Crippen LogP) is -2.17. The number of phenols is 1. The number of aliphatic carboxylic acids is 1. The van der Waals surface area contributed by atoms with E-state index in [0.717, 1.165) is 5.56 Å². The summed E-state index contributed by atoms with van der Waals surface area (Å²) < 4.78 is 0. The number of nitrogens with one attached hydrogen (secondary N) is 2. The molecule has 0 spiro atoms. The zero-order valence-electron chi connectivity index (χ0n) is 24.9. The zero-order valence-corrected chi connectivity index (χ0v) is 24.9. The van der Waals surface area contributed by atoms with Crippen LogP contribution < -0.4 is 27.8 Å². The van der Waals surface area contributed by atoms with Crippen molar-refractivity contribution < 1.29 is 43.8 Å². The molecule has 0 bridgehead atoms. The molecule has 16 heteroatoms. The molecule has 0 saturated carbocycles. The molecule has 10 N–H and O–H groups in total. The number of benzene rings is 1. The Hall–Kier alpha value is -4.73. The van der Waals surface area contributed by atoms with Crippen LogP contribution in [0.3, 0.4) is 0 Å². The van der Waals surface area contributed by atoms with E-state index in [9.17, 15) is 43.8 Å². The molecule has 0 aromatic heterocycles. The molecular formula is C29H41N7O9. The Kier molecular flexibility index (Phi) is 12.2. The van der Waals surface area contributed by atoms with Crippen LogP contribution in [0.4, 0.5) is 0 Å². The van der Waals surface area contributed by atoms with Gasteiger partial charge in [-0.3, -0.25) is 28.8 Å². The van der Waals surface area contributed by atoms with Gasteiger partial charge in [0.15, 0.2) is 0 Å². The number of carbonyl (C=O) groups excluding carboxylic acids is 6. The van der Waals surface area contributed by atoms with Crippen molar-refractivity contribution in [2.24, 2.45) is 17.2 Å². The topological polar surface area (TPSA) is 269 Å². The van der Waals surface area contributed by atoms with Crippen LogP contribution in [0.15, 0.2) is 24.3 Å². The van der Waals surface area contributed by atoms with E-state index in [-0.39, 0.29) is 57.4 Å². The molecule has 2 fully saturated rings. The average Bonchev–Trinajstić information content (AvgIpc) is 3.68. The van der Waals surface area contributed by atoms with Crippen LogP contribution in [0.2, 0.25) is 0 Å². The Morgan fingerprint density at radius 3 is 1.73 bits per heavy atom. The standard InChI is InChI=1S/C29H41N7O9/c30-18(15-16-5-7-17(37)8-6-16)27(42)35-13-1-3-21(35)25(40)33-19(9-11-23(31)38)28(43)36-14-2-4-22(36)26(41)34-20(29(44)45)10-12-24(32)39/h5-8,18-22,37H,1-4,9-15,30H2,(H2,31,38)(H2,32,39)(H,33,40)(H,34,41)(H,44,45)/t18-,19-,20-,21-,22-/m0/s1. The second-order valence-corrected chi connectivity index (χ2v) is 11.3. The molecule has 0 aliphatic carbocycles. The Bertz CT molecular complexity index is 1290. The Balaban J connectivity index is 1.70. The van der Waals surface area contributed by atoms with Crippen molar-refractivity contribution in [1.82, 2.24) is 20.4 Å². The molecule has 0 unspecified atom stereocenters. The smallest absolute Gasteiger partial charge is 0.326 e. The SMILES string of the molecule is NC(=O)CC[C@H](NC(=O)[C@@H]1CCCN1C(=O)[C@H](CCC(N)=O)NC(=O)[C@@H]1CCCN1C(=O)[C@@H](N)Cc1ccc(O)cc1)C(=O)O. The van der Waals surface area contributed by atoms with E-state index in [1.165, 1.54) is 21.9 Å². The zero-order chi connectivity index (χ0) is 33.3. The second-order valence-electron chi connectivity index (χ2n) is 11.3. The van der Waals surface area contributed by atoms with E-state index in [0.29, 0.717) is 19.3 Å². The minimum atomic E-state index is -1.40. The fourth-order valence-electron chi connectivity index (χ4n) is 5.62. The first-order chi connectivity index (χ1) is 21.3. The maximum atomic E-state index is 13.7. The first-order valence-electron chi connectivity index (χ1n) is 14.8. The van der Waals surface area contributed by atoms with Gasteiger partial charge in [0.25, 0.3) is 0 Å². The van der Waals surface area contributed by atoms with Gasteiger partial charge in [0, 0.05) is 25.9 Å². The average molecular weight is 632 g/mol. The number of amides is 6. The predicted molar refractivity (Wildman–Crippen MR) is 158 cm³/mol. The lowest BCUT2D eigenvalue weighted by atomic mass is 10.0. The first-order valence-corrected chi connectivity index (χ1v) is 14.8. The maximum absolute atomic E-state index is 13.7. The van der Waals surface area contributed by atoms with E-state index >= 15 is 0 Å². The van der Waals surface area contributed by atoms with Crippen molar-refractivity contribution in [3.63, 3.8) is 0 Å². The van der Waals surface area contributed by atoms with Crippen LogP contribution in [0, 0.1) is 0 Å². The lowest BCUT2D eigenvalue weighted by molar-refractivity contribution is -0.145. The molecule has 16 nitrogen and oxygen atoms in total. The van der Waals surface area contributed by atoms with Crippen molar-refractivity contribution in [1.29, 1.82) is 0 Å². The number of nitrogens with two attached hydrogens (primary N) is 3. The van der Waals surface area contributed by atoms with Crippen LogP contribution in [0.1, 0.15) is 56.9 Å². The molecule has 2 heterocycles. The summed E-state index contributed by atoms with van der Waals surface area (Å²) in [5.41, 5.74) is 17.3. The monoisotopic (exact) mass is 631 g/mol. The van der Waals surface area contributed by atoms with Crippen LogP contribution in [0.25, 0.3) is 0 Å². The number of phenolic OH excluding ortho intramolecular Hbond substituents is 1. The van der Waals surface area contributed by atoms with E-state index < -0.39 is 71.6 Å². The minimum Gasteiger partial charge on any atom is -0.508 e. The van der Waals surface area contributed by atoms with Crippen molar-refractivity contribution >= 4 is 41.4 Å². The minimum absolute atomic E-state index is 0.0703. The van der Waals surface area contributed by atoms with Gasteiger partial charge in [-0.15, -0.1) is 0 Å². The van der Waals surface area contributed by atoms with Crippen LogP contribution in [-0.2, 0) is 40.0 Å². The summed E-state index contributed by atoms with van der Waals surface area (Å²) in [6.07, 6.45) is 0.734. The molecule has 2 aliphatic rings. The number of carboxylic acids is 1. The van der Waals surface area contributed by atoms with Crippen molar-refractivity contribution in [3.05, 3.63) is 29.8 Å². The number of primary amides is 2. The molecule has 2 saturated heterocycles. The normalized spacial score (nSPS) is 19.8. The van der Waals surface area contributed by atoms with E-state index in [4.69, 9.17) is 17.2 Å². The van der Waals surface area contributed by atoms with E-state index in [1.54, 1.807) is 12.1 Å². The number of hydrogen-bond donors (Lipinski definition) is 7. The number of nitrogens with zero attached hydrogens (tertiary/aromatic N) is 2. The summed E-state index contributed by atoms with van der Waals surface area (Å²) in [5.74, 6) is -5.23. The summed E-state index contributed by atoms with van der Waals surface area (Å²) in [4.78, 5) is 90.4. The summed E-state index contributed by atoms with van der Waals surface area (Å²) in [6.45, 7) is 0.411. The summed E-state index contributed by atoms with van der Waals surface area (Å²) in [5, 5.41) is 23.9. The number of carboxylic acid groups (broad SMARTS) is 1. The van der Waals surface area contributed by atoms with Crippen molar-refractivity contribution in [2.45, 2.75) is 88.0 Å². The number of rotatable bonds is 15. The van der Waals surface area contributed by atoms with Crippen LogP contribution in [-0.4, -0.2) is 105 Å². The Morgan fingerprint density at radius 2 is 1.24 bits per heavy atom. The first kappa shape index (κ1) is 34.8. The second kappa shape index (κ2) is 15.8. The highest BCUT2D eigenvalue weighted by atomic mass is 16.4. The van der Waals surface area contributed by atoms with Crippen molar-refractivity contribution in [2.75, 3.05) is 13.1 Å². The summed E-state index contributed by atoms with van der Waals surface area (Å²) in [7, 11) is 0. The molecule has 45 heavy (non-hydrogen) atoms. The molecule has 5 atom stereocenters. The van der Waals surface area contributed by atoms with Gasteiger partial charge in [-0.05, 0) is 62.6 Å². The van der Waals surface area contributed by atoms with Crippen LogP contribution >= 0.6 is 0 Å². The lowest BCUT2D eigenvalue weighted by Gasteiger charge is -2.31. The van der Waals surface area contributed by atoms with Gasteiger partial charge in [0.05, 0.1) is 6.04 Å². The highest BCUT2D eigenvalue weighted by Crippen LogP contribution is 2.23. The molecule has 1 aromatic carbocycles. The largest absolute Gasteiger partial charge is 0.508 e. The Morgan fingerprint density at radius 1 is 0.778 bits per heavy atom. The van der Waals surface area contributed by atoms with Gasteiger partial charge >= 0.3 is 5.97 Å². The van der Waals surface area contributed by atoms with Crippen LogP contribution in [0.5, 0.6) is 5.75 Å². The fraction of sp³-hybridized carbons (Fsp3) is 0.552. The molecule has 6 amide bonds. The van der Waals surface area contributed by atoms with E-state index in [1.807, 2.05) is 0 Å². The number of likely N-dealkylation sites (tertiary alicyclic amines) is 2. The Labute approximate surface area is 259 Å². The summed E-state index contributed by atoms with van der Waals surface area (Å²) >= 11 is 0. The quantitative estimate of drug-likeness (QED) is 0.110. The molecular weight excluding hydrogens is 590 g/mol. The third-order valence-corrected chi connectivity index (χ3v) is 7.97. The maximum Gasteiger partial charge on any atom is 0.326 e. The van der Waals surface area contributed by atoms with Crippen molar-refractivity contribution in [3.8, 4) is 5.75 Å². The lowest BCUT2D eigenvalue weighted by Crippen LogP contribution is -2.58. The number of aromatic hydroxyl groups is 1. The van der Waals surface area contributed by atoms with Gasteiger partial charge in [-0.1, -0.05) is 12.1 Å². The van der Waals surface area contributed by atoms with Gasteiger partial charge in [0.1, 0.15) is 29.9 Å². The van der Waals surface area contributed by atoms with Gasteiger partial charge in [-0.2, -0.15) is 0 Å². The molecule has 1 aromatic rings. The number of hydrogen-bond acceptors (Lipinski definition) is 9. The molecule has 3 rings (SSSR count). The highest BCUT2D eigenvalue weighted by molar-refractivity contribution is 5.96. The van der Waals surface area contributed by atoms with Gasteiger partial charge in [-0.25, -0.2) is 4.79 Å².